The maximum absolute atomic E-state index is 14.3. The van der Waals surface area contributed by atoms with Gasteiger partial charge in [-0.05, 0) is 101 Å². The lowest BCUT2D eigenvalue weighted by atomic mass is 9.84. The lowest BCUT2D eigenvalue weighted by Crippen LogP contribution is -2.55. The molecule has 11 heteroatoms. The summed E-state index contributed by atoms with van der Waals surface area (Å²) in [5.74, 6) is 1.98. The van der Waals surface area contributed by atoms with E-state index in [-0.39, 0.29) is 38.0 Å². The third-order valence-electron chi connectivity index (χ3n) is 10.2. The van der Waals surface area contributed by atoms with Crippen LogP contribution in [0.5, 0.6) is 11.5 Å². The van der Waals surface area contributed by atoms with Crippen molar-refractivity contribution in [2.45, 2.75) is 69.8 Å². The van der Waals surface area contributed by atoms with Gasteiger partial charge in [-0.3, -0.25) is 9.59 Å². The van der Waals surface area contributed by atoms with Gasteiger partial charge in [-0.1, -0.05) is 24.6 Å². The van der Waals surface area contributed by atoms with E-state index in [4.69, 9.17) is 9.47 Å². The predicted molar refractivity (Wildman–Crippen MR) is 186 cm³/mol. The summed E-state index contributed by atoms with van der Waals surface area (Å²) in [6, 6.07) is 12.9. The number of hydrogen-bond acceptors (Lipinski definition) is 7. The number of rotatable bonds is 13. The molecular weight excluding hydrogens is 713 g/mol. The van der Waals surface area contributed by atoms with Crippen molar-refractivity contribution in [2.75, 3.05) is 26.8 Å². The first-order valence-electron chi connectivity index (χ1n) is 16.6. The van der Waals surface area contributed by atoms with Crippen molar-refractivity contribution in [3.63, 3.8) is 0 Å². The number of amides is 2. The molecule has 0 spiro atoms. The number of methoxy groups -OCH3 is 1. The van der Waals surface area contributed by atoms with Crippen LogP contribution in [0, 0.1) is 21.3 Å². The molecule has 1 aromatic heterocycles. The van der Waals surface area contributed by atoms with Crippen LogP contribution in [0.4, 0.5) is 0 Å². The fraction of sp³-hybridized carbons (Fsp3) is 0.500. The Morgan fingerprint density at radius 2 is 1.96 bits per heavy atom. The number of H-pyrrole nitrogens is 1. The highest BCUT2D eigenvalue weighted by molar-refractivity contribution is 14.1. The molecule has 6 rings (SSSR count). The van der Waals surface area contributed by atoms with Gasteiger partial charge in [-0.25, -0.2) is 0 Å². The molecule has 252 valence electrons. The SMILES string of the molecule is COc1cc(CO)cc(I)c1O[C@H]1C=C(C(=O)NCCO)C[C@@H](N(CCc2cc3ccccc3[nH]2)C(=O)CC2CC3CCC2C3)[C@@H]1O. The molecule has 3 aromatic rings. The van der Waals surface area contributed by atoms with Crippen LogP contribution in [0.2, 0.25) is 0 Å². The summed E-state index contributed by atoms with van der Waals surface area (Å²) in [7, 11) is 1.50. The third kappa shape index (κ3) is 7.48. The Hall–Kier alpha value is -3.13. The molecule has 3 aliphatic carbocycles. The van der Waals surface area contributed by atoms with Crippen molar-refractivity contribution in [3.8, 4) is 11.5 Å². The first-order chi connectivity index (χ1) is 22.8. The lowest BCUT2D eigenvalue weighted by molar-refractivity contribution is -0.140. The van der Waals surface area contributed by atoms with E-state index in [9.17, 15) is 24.9 Å². The van der Waals surface area contributed by atoms with Crippen molar-refractivity contribution >= 4 is 45.3 Å². The fourth-order valence-corrected chi connectivity index (χ4v) is 8.64. The molecule has 0 saturated heterocycles. The Morgan fingerprint density at radius 1 is 1.13 bits per heavy atom. The van der Waals surface area contributed by atoms with E-state index in [2.05, 4.69) is 39.0 Å². The number of aromatic nitrogens is 1. The molecule has 10 nitrogen and oxygen atoms in total. The Kier molecular flexibility index (Phi) is 10.7. The highest BCUT2D eigenvalue weighted by Crippen LogP contribution is 2.50. The number of carbonyl (C=O) groups excluding carboxylic acids is 2. The average Bonchev–Trinajstić information content (AvgIpc) is 3.81. The van der Waals surface area contributed by atoms with Crippen molar-refractivity contribution in [1.82, 2.24) is 15.2 Å². The molecule has 1 heterocycles. The number of fused-ring (bicyclic) bond motifs is 3. The maximum Gasteiger partial charge on any atom is 0.247 e. The number of ether oxygens (including phenoxy) is 2. The summed E-state index contributed by atoms with van der Waals surface area (Å²) < 4.78 is 12.7. The summed E-state index contributed by atoms with van der Waals surface area (Å²) in [4.78, 5) is 32.9. The standard InChI is InChI=1S/C36H44IN3O7/c1-46-32-15-22(20-42)14-28(37)35(32)47-31-18-26(36(45)38-9-11-41)17-30(34(31)44)40(33(43)19-25-13-21-6-7-23(25)12-21)10-8-27-16-24-4-2-3-5-29(24)39-27/h2-5,14-16,18,21,23,25,30-31,34,39,41-42,44H,6-13,17,19-20H2,1H3,(H,38,45)/t21?,23?,25?,30-,31+,34+/m1/s1. The van der Waals surface area contributed by atoms with Gasteiger partial charge in [0, 0.05) is 49.1 Å². The van der Waals surface area contributed by atoms with Crippen LogP contribution < -0.4 is 14.8 Å². The van der Waals surface area contributed by atoms with Crippen LogP contribution in [0.1, 0.15) is 49.8 Å². The van der Waals surface area contributed by atoms with Gasteiger partial charge in [0.05, 0.1) is 29.9 Å². The Bertz CT molecular complexity index is 1590. The van der Waals surface area contributed by atoms with Crippen LogP contribution in [-0.4, -0.2) is 82.1 Å². The van der Waals surface area contributed by atoms with E-state index in [1.807, 2.05) is 24.3 Å². The minimum absolute atomic E-state index is 0.0158. The number of nitrogens with one attached hydrogen (secondary N) is 2. The Balaban J connectivity index is 1.31. The number of halogens is 1. The van der Waals surface area contributed by atoms with Gasteiger partial charge in [0.25, 0.3) is 0 Å². The van der Waals surface area contributed by atoms with E-state index in [1.165, 1.54) is 26.4 Å². The zero-order valence-electron chi connectivity index (χ0n) is 26.7. The smallest absolute Gasteiger partial charge is 0.247 e. The fourth-order valence-electron chi connectivity index (χ4n) is 7.85. The zero-order valence-corrected chi connectivity index (χ0v) is 28.8. The van der Waals surface area contributed by atoms with Crippen LogP contribution in [0.15, 0.2) is 54.1 Å². The molecule has 2 bridgehead atoms. The van der Waals surface area contributed by atoms with Crippen LogP contribution in [0.3, 0.4) is 0 Å². The van der Waals surface area contributed by atoms with Gasteiger partial charge in [-0.15, -0.1) is 0 Å². The molecule has 6 atom stereocenters. The van der Waals surface area contributed by atoms with Crippen molar-refractivity contribution in [1.29, 1.82) is 0 Å². The Labute approximate surface area is 288 Å². The van der Waals surface area contributed by atoms with E-state index < -0.39 is 18.2 Å². The van der Waals surface area contributed by atoms with Crippen LogP contribution in [-0.2, 0) is 22.6 Å². The summed E-state index contributed by atoms with van der Waals surface area (Å²) >= 11 is 2.10. The molecule has 2 amide bonds. The number of aliphatic hydroxyl groups is 3. The normalized spacial score (nSPS) is 25.1. The number of aromatic amines is 1. The number of para-hydroxylation sites is 1. The average molecular weight is 758 g/mol. The lowest BCUT2D eigenvalue weighted by Gasteiger charge is -2.41. The van der Waals surface area contributed by atoms with Crippen molar-refractivity contribution in [3.05, 3.63) is 68.9 Å². The third-order valence-corrected chi connectivity index (χ3v) is 11.0. The molecule has 0 aliphatic heterocycles. The quantitative estimate of drug-likeness (QED) is 0.165. The number of carbonyl (C=O) groups is 2. The predicted octanol–water partition coefficient (Wildman–Crippen LogP) is 4.09. The van der Waals surface area contributed by atoms with Gasteiger partial charge in [0.1, 0.15) is 12.2 Å². The van der Waals surface area contributed by atoms with E-state index in [0.717, 1.165) is 23.0 Å². The van der Waals surface area contributed by atoms with E-state index in [0.29, 0.717) is 63.3 Å². The van der Waals surface area contributed by atoms with Gasteiger partial charge in [-0.2, -0.15) is 0 Å². The molecule has 3 unspecified atom stereocenters. The highest BCUT2D eigenvalue weighted by atomic mass is 127. The molecule has 5 N–H and O–H groups in total. The molecular formula is C36H44IN3O7. The molecule has 2 saturated carbocycles. The van der Waals surface area contributed by atoms with E-state index >= 15 is 0 Å². The topological polar surface area (TPSA) is 144 Å². The number of aliphatic hydroxyl groups excluding tert-OH is 3. The minimum atomic E-state index is -1.14. The number of hydrogen-bond donors (Lipinski definition) is 5. The highest BCUT2D eigenvalue weighted by Gasteiger charge is 2.44. The monoisotopic (exact) mass is 757 g/mol. The van der Waals surface area contributed by atoms with Crippen LogP contribution >= 0.6 is 22.6 Å². The van der Waals surface area contributed by atoms with Gasteiger partial charge < -0.3 is 40.0 Å². The Morgan fingerprint density at radius 3 is 2.66 bits per heavy atom. The van der Waals surface area contributed by atoms with Gasteiger partial charge >= 0.3 is 0 Å². The van der Waals surface area contributed by atoms with Crippen LogP contribution in [0.25, 0.3) is 10.9 Å². The minimum Gasteiger partial charge on any atom is -0.493 e. The number of benzene rings is 2. The first-order valence-corrected chi connectivity index (χ1v) is 17.6. The summed E-state index contributed by atoms with van der Waals surface area (Å²) in [6.07, 6.45) is 5.30. The second-order valence-corrected chi connectivity index (χ2v) is 14.3. The molecule has 47 heavy (non-hydrogen) atoms. The molecule has 3 aliphatic rings. The second-order valence-electron chi connectivity index (χ2n) is 13.1. The van der Waals surface area contributed by atoms with Crippen molar-refractivity contribution < 1.29 is 34.4 Å². The maximum atomic E-state index is 14.3. The second kappa shape index (κ2) is 15.0. The summed E-state index contributed by atoms with van der Waals surface area (Å²) in [5, 5.41) is 34.9. The largest absolute Gasteiger partial charge is 0.493 e. The van der Waals surface area contributed by atoms with E-state index in [1.54, 1.807) is 23.1 Å². The first kappa shape index (κ1) is 33.8. The molecule has 0 radical (unpaired) electrons. The summed E-state index contributed by atoms with van der Waals surface area (Å²) in [6.45, 7) is 0.0528. The van der Waals surface area contributed by atoms with Crippen molar-refractivity contribution in [2.24, 2.45) is 17.8 Å². The van der Waals surface area contributed by atoms with Gasteiger partial charge in [0.2, 0.25) is 11.8 Å². The summed E-state index contributed by atoms with van der Waals surface area (Å²) in [5.41, 5.74) is 3.04. The molecule has 2 aromatic carbocycles. The zero-order chi connectivity index (χ0) is 33.1. The number of nitrogens with zero attached hydrogens (tertiary/aromatic N) is 1. The van der Waals surface area contributed by atoms with Gasteiger partial charge in [0.15, 0.2) is 11.5 Å². The molecule has 2 fully saturated rings.